The van der Waals surface area contributed by atoms with Crippen molar-refractivity contribution in [1.82, 2.24) is 0 Å². The molecule has 0 aromatic carbocycles. The molecule has 3 nitrogen and oxygen atoms in total. The van der Waals surface area contributed by atoms with Crippen molar-refractivity contribution in [1.29, 1.82) is 0 Å². The van der Waals surface area contributed by atoms with Gasteiger partial charge in [-0.05, 0) is 62.0 Å². The first-order valence-electron chi connectivity index (χ1n) is 9.46. The number of ketones is 1. The Labute approximate surface area is 159 Å². The van der Waals surface area contributed by atoms with Gasteiger partial charge < -0.3 is 4.74 Å². The van der Waals surface area contributed by atoms with Crippen LogP contribution in [0.5, 0.6) is 0 Å². The van der Waals surface area contributed by atoms with E-state index in [1.165, 1.54) is 13.0 Å². The monoisotopic (exact) mass is 376 g/mol. The number of allylic oxidation sites excluding steroid dienone is 4. The van der Waals surface area contributed by atoms with Gasteiger partial charge in [-0.3, -0.25) is 9.59 Å². The van der Waals surface area contributed by atoms with Crippen LogP contribution in [-0.2, 0) is 14.3 Å². The second-order valence-corrected chi connectivity index (χ2v) is 9.30. The lowest BCUT2D eigenvalue weighted by Gasteiger charge is -2.61. The molecule has 0 aliphatic heterocycles. The first-order valence-corrected chi connectivity index (χ1v) is 9.87. The summed E-state index contributed by atoms with van der Waals surface area (Å²) in [5.74, 6) is -0.624. The molecule has 2 unspecified atom stereocenters. The number of esters is 1. The third-order valence-corrected chi connectivity index (χ3v) is 8.30. The van der Waals surface area contributed by atoms with Crippen LogP contribution in [0.3, 0.4) is 0 Å². The Kier molecular flexibility index (Phi) is 3.86. The Morgan fingerprint density at radius 3 is 2.65 bits per heavy atom. The summed E-state index contributed by atoms with van der Waals surface area (Å²) in [4.78, 5) is 24.7. The number of fused-ring (bicyclic) bond motifs is 5. The van der Waals surface area contributed by atoms with Gasteiger partial charge in [0.1, 0.15) is 6.10 Å². The summed E-state index contributed by atoms with van der Waals surface area (Å²) in [6, 6.07) is 0. The number of carbonyl (C=O) groups excluding carboxylic acids is 2. The highest BCUT2D eigenvalue weighted by molar-refractivity contribution is 7.80. The van der Waals surface area contributed by atoms with Crippen LogP contribution < -0.4 is 0 Å². The van der Waals surface area contributed by atoms with Gasteiger partial charge in [-0.25, -0.2) is 4.39 Å². The van der Waals surface area contributed by atoms with Gasteiger partial charge in [-0.15, -0.1) is 0 Å². The highest BCUT2D eigenvalue weighted by atomic mass is 32.1. The highest BCUT2D eigenvalue weighted by Gasteiger charge is 2.71. The summed E-state index contributed by atoms with van der Waals surface area (Å²) in [6.07, 6.45) is 7.43. The summed E-state index contributed by atoms with van der Waals surface area (Å²) in [7, 11) is 0. The van der Waals surface area contributed by atoms with Crippen LogP contribution in [0.4, 0.5) is 4.39 Å². The van der Waals surface area contributed by atoms with Crippen molar-refractivity contribution in [2.24, 2.45) is 22.7 Å². The lowest BCUT2D eigenvalue weighted by Crippen LogP contribution is -2.67. The minimum absolute atomic E-state index is 0.0914. The maximum atomic E-state index is 17.1. The number of rotatable bonds is 1. The van der Waals surface area contributed by atoms with E-state index in [1.807, 2.05) is 6.92 Å². The first kappa shape index (κ1) is 18.0. The average Bonchev–Trinajstić information content (AvgIpc) is 2.84. The Morgan fingerprint density at radius 1 is 1.27 bits per heavy atom. The third kappa shape index (κ3) is 2.12. The number of carbonyl (C=O) groups is 2. The van der Waals surface area contributed by atoms with Crippen LogP contribution in [-0.4, -0.2) is 28.4 Å². The lowest BCUT2D eigenvalue weighted by atomic mass is 9.46. The standard InChI is InChI=1S/C21H25FO3S/c1-12(23)25-17-11-19(2)15(6-7-18(19)26)16-5-4-13-10-14(24)8-9-20(13,3)21(16,17)22/h8-10,15-17H,4-7,11H2,1-3H3/t15-,16-,17?,19-,20-,21?/m0/s1. The fourth-order valence-corrected chi connectivity index (χ4v) is 6.63. The molecular weight excluding hydrogens is 351 g/mol. The quantitative estimate of drug-likeness (QED) is 0.506. The number of hydrogen-bond donors (Lipinski definition) is 0. The van der Waals surface area contributed by atoms with Crippen LogP contribution in [0, 0.1) is 22.7 Å². The Morgan fingerprint density at radius 2 is 1.96 bits per heavy atom. The molecule has 0 N–H and O–H groups in total. The molecule has 0 radical (unpaired) electrons. The van der Waals surface area contributed by atoms with Crippen molar-refractivity contribution in [3.05, 3.63) is 23.8 Å². The summed E-state index contributed by atoms with van der Waals surface area (Å²) >= 11 is 5.65. The third-order valence-electron chi connectivity index (χ3n) is 7.63. The fourth-order valence-electron chi connectivity index (χ4n) is 6.27. The van der Waals surface area contributed by atoms with Gasteiger partial charge in [-0.2, -0.15) is 0 Å². The topological polar surface area (TPSA) is 43.4 Å². The van der Waals surface area contributed by atoms with E-state index in [2.05, 4.69) is 6.92 Å². The molecule has 0 amide bonds. The summed E-state index contributed by atoms with van der Waals surface area (Å²) in [5.41, 5.74) is -2.08. The van der Waals surface area contributed by atoms with E-state index in [1.54, 1.807) is 12.2 Å². The van der Waals surface area contributed by atoms with E-state index in [0.717, 1.165) is 23.3 Å². The normalized spacial score (nSPS) is 46.9. The highest BCUT2D eigenvalue weighted by Crippen LogP contribution is 2.67. The molecule has 26 heavy (non-hydrogen) atoms. The predicted octanol–water partition coefficient (Wildman–Crippen LogP) is 4.30. The Balaban J connectivity index is 1.87. The van der Waals surface area contributed by atoms with E-state index < -0.39 is 23.2 Å². The van der Waals surface area contributed by atoms with Gasteiger partial charge in [0.05, 0.1) is 0 Å². The van der Waals surface area contributed by atoms with Crippen molar-refractivity contribution < 1.29 is 18.7 Å². The number of ether oxygens (including phenoxy) is 1. The number of halogens is 1. The minimum atomic E-state index is -1.72. The van der Waals surface area contributed by atoms with Crippen molar-refractivity contribution in [3.8, 4) is 0 Å². The van der Waals surface area contributed by atoms with Gasteiger partial charge in [0.25, 0.3) is 0 Å². The molecule has 0 heterocycles. The Hall–Kier alpha value is -1.36. The zero-order chi connectivity index (χ0) is 18.9. The van der Waals surface area contributed by atoms with Crippen molar-refractivity contribution in [2.45, 2.75) is 64.6 Å². The largest absolute Gasteiger partial charge is 0.459 e. The van der Waals surface area contributed by atoms with E-state index in [9.17, 15) is 9.59 Å². The van der Waals surface area contributed by atoms with Crippen molar-refractivity contribution >= 4 is 28.8 Å². The molecular formula is C21H25FO3S. The van der Waals surface area contributed by atoms with Gasteiger partial charge in [-0.1, -0.05) is 30.8 Å². The molecule has 4 aliphatic rings. The summed E-state index contributed by atoms with van der Waals surface area (Å²) in [5, 5.41) is 0. The smallest absolute Gasteiger partial charge is 0.303 e. The van der Waals surface area contributed by atoms with Crippen LogP contribution >= 0.6 is 12.2 Å². The average molecular weight is 376 g/mol. The molecule has 4 rings (SSSR count). The van der Waals surface area contributed by atoms with Crippen LogP contribution in [0.25, 0.3) is 0 Å². The molecule has 0 spiro atoms. The molecule has 140 valence electrons. The molecule has 0 aromatic heterocycles. The molecule has 6 atom stereocenters. The summed E-state index contributed by atoms with van der Waals surface area (Å²) < 4.78 is 22.7. The van der Waals surface area contributed by atoms with Gasteiger partial charge in [0.15, 0.2) is 11.5 Å². The van der Waals surface area contributed by atoms with Crippen LogP contribution in [0.1, 0.15) is 52.9 Å². The SMILES string of the molecule is CC(=O)OC1C[C@]2(C)C(=S)CC[C@H]2[C@@H]2CCC3=CC(=O)C=C[C@]3(C)C12F. The molecule has 3 saturated carbocycles. The maximum absolute atomic E-state index is 17.1. The number of hydrogen-bond acceptors (Lipinski definition) is 4. The Bertz CT molecular complexity index is 771. The molecule has 5 heteroatoms. The first-order chi connectivity index (χ1) is 12.1. The van der Waals surface area contributed by atoms with E-state index in [-0.39, 0.29) is 23.0 Å². The zero-order valence-corrected chi connectivity index (χ0v) is 16.3. The van der Waals surface area contributed by atoms with E-state index in [4.69, 9.17) is 17.0 Å². The van der Waals surface area contributed by atoms with Crippen molar-refractivity contribution in [3.63, 3.8) is 0 Å². The lowest BCUT2D eigenvalue weighted by molar-refractivity contribution is -0.202. The van der Waals surface area contributed by atoms with E-state index in [0.29, 0.717) is 19.3 Å². The zero-order valence-electron chi connectivity index (χ0n) is 15.5. The second kappa shape index (κ2) is 5.57. The second-order valence-electron chi connectivity index (χ2n) is 8.81. The molecule has 0 aromatic rings. The number of thiocarbonyl (C=S) groups is 1. The maximum Gasteiger partial charge on any atom is 0.303 e. The van der Waals surface area contributed by atoms with Crippen molar-refractivity contribution in [2.75, 3.05) is 0 Å². The molecule has 3 fully saturated rings. The predicted molar refractivity (Wildman–Crippen MR) is 101 cm³/mol. The van der Waals surface area contributed by atoms with Crippen LogP contribution in [0.2, 0.25) is 0 Å². The van der Waals surface area contributed by atoms with Crippen LogP contribution in [0.15, 0.2) is 23.8 Å². The molecule has 0 bridgehead atoms. The van der Waals surface area contributed by atoms with E-state index >= 15 is 4.39 Å². The van der Waals surface area contributed by atoms with Gasteiger partial charge in [0, 0.05) is 23.7 Å². The van der Waals surface area contributed by atoms with Gasteiger partial charge >= 0.3 is 5.97 Å². The minimum Gasteiger partial charge on any atom is -0.459 e. The number of alkyl halides is 1. The molecule has 4 aliphatic carbocycles. The summed E-state index contributed by atoms with van der Waals surface area (Å²) in [6.45, 7) is 5.32. The fraction of sp³-hybridized carbons (Fsp3) is 0.667. The van der Waals surface area contributed by atoms with Gasteiger partial charge in [0.2, 0.25) is 0 Å². The molecule has 0 saturated heterocycles.